The molecule has 0 saturated heterocycles. The number of nitrogens with zero attached hydrogens (tertiary/aromatic N) is 3. The number of rotatable bonds is 3. The zero-order valence-electron chi connectivity index (χ0n) is 16.6. The first-order valence-electron chi connectivity index (χ1n) is 9.16. The third-order valence-corrected chi connectivity index (χ3v) is 6.96. The third kappa shape index (κ3) is 3.54. The number of carbonyl (C=O) groups excluding carboxylic acids is 1. The van der Waals surface area contributed by atoms with Crippen LogP contribution in [0.15, 0.2) is 41.4 Å². The number of amides is 1. The summed E-state index contributed by atoms with van der Waals surface area (Å²) in [5, 5.41) is 2.68. The maximum atomic E-state index is 14.6. The van der Waals surface area contributed by atoms with Crippen LogP contribution < -0.4 is 5.32 Å². The smallest absolute Gasteiger partial charge is 0.291 e. The van der Waals surface area contributed by atoms with Crippen molar-refractivity contribution >= 4 is 39.0 Å². The molecule has 1 atom stereocenters. The first-order valence-corrected chi connectivity index (χ1v) is 10.8. The molecule has 0 spiro atoms. The quantitative estimate of drug-likeness (QED) is 0.667. The molecule has 1 aromatic heterocycles. The van der Waals surface area contributed by atoms with E-state index < -0.39 is 27.3 Å². The summed E-state index contributed by atoms with van der Waals surface area (Å²) in [7, 11) is -2.24. The number of sulfonamides is 1. The first-order chi connectivity index (χ1) is 14.1. The van der Waals surface area contributed by atoms with Gasteiger partial charge in [-0.05, 0) is 49.7 Å². The van der Waals surface area contributed by atoms with E-state index in [9.17, 15) is 17.6 Å². The molecule has 2 aromatic carbocycles. The van der Waals surface area contributed by atoms with Gasteiger partial charge >= 0.3 is 0 Å². The van der Waals surface area contributed by atoms with Gasteiger partial charge in [0.1, 0.15) is 11.4 Å². The van der Waals surface area contributed by atoms with Crippen molar-refractivity contribution in [3.63, 3.8) is 0 Å². The number of hydrogen-bond donors (Lipinski definition) is 2. The number of benzene rings is 2. The van der Waals surface area contributed by atoms with Crippen LogP contribution in [0.4, 0.5) is 10.1 Å². The number of carbonyl (C=O) groups is 1. The number of aliphatic imine (C=N–C) groups is 1. The van der Waals surface area contributed by atoms with Crippen LogP contribution in [0.3, 0.4) is 0 Å². The van der Waals surface area contributed by atoms with E-state index in [1.165, 1.54) is 31.6 Å². The molecule has 0 saturated carbocycles. The predicted octanol–water partition coefficient (Wildman–Crippen LogP) is 2.78. The number of hydrogen-bond acceptors (Lipinski definition) is 5. The molecule has 30 heavy (non-hydrogen) atoms. The zero-order valence-corrected chi connectivity index (χ0v) is 17.4. The highest BCUT2D eigenvalue weighted by Crippen LogP contribution is 2.34. The molecule has 10 heteroatoms. The highest BCUT2D eigenvalue weighted by Gasteiger charge is 2.39. The predicted molar refractivity (Wildman–Crippen MR) is 113 cm³/mol. The molecule has 0 fully saturated rings. The molecule has 1 amide bonds. The summed E-state index contributed by atoms with van der Waals surface area (Å²) in [6, 6.07) is 9.58. The summed E-state index contributed by atoms with van der Waals surface area (Å²) in [4.78, 5) is 24.1. The molecule has 156 valence electrons. The van der Waals surface area contributed by atoms with E-state index >= 15 is 0 Å². The van der Waals surface area contributed by atoms with E-state index in [1.54, 1.807) is 6.92 Å². The van der Waals surface area contributed by atoms with Crippen LogP contribution in [-0.4, -0.2) is 47.7 Å². The number of imidazole rings is 1. The Hall–Kier alpha value is -3.27. The summed E-state index contributed by atoms with van der Waals surface area (Å²) in [5.41, 5.74) is 1.49. The topological polar surface area (TPSA) is 108 Å². The minimum absolute atomic E-state index is 0.0773. The average molecular weight is 429 g/mol. The molecule has 8 nitrogen and oxygen atoms in total. The van der Waals surface area contributed by atoms with E-state index in [0.717, 1.165) is 15.4 Å². The molecule has 3 aromatic rings. The Morgan fingerprint density at radius 1 is 1.27 bits per heavy atom. The normalized spacial score (nSPS) is 20.5. The van der Waals surface area contributed by atoms with Crippen LogP contribution in [0.1, 0.15) is 28.7 Å². The number of fused-ring (bicyclic) bond motifs is 1. The standard InChI is InChI=1S/C20H20FN5O3S/c1-12-4-7-16-17(8-12)25-18(24-16)19(27)23-13-5-6-15(21)14(9-13)20(2)10-30(28,29)26(3)11-22-20/h4-9,11H,10H2,1-3H3,(H,23,27)(H,24,25). The maximum Gasteiger partial charge on any atom is 0.291 e. The molecule has 0 bridgehead atoms. The number of anilines is 1. The molecule has 1 unspecified atom stereocenters. The van der Waals surface area contributed by atoms with Crippen LogP contribution in [0.5, 0.6) is 0 Å². The average Bonchev–Trinajstić information content (AvgIpc) is 3.09. The Balaban J connectivity index is 1.64. The van der Waals surface area contributed by atoms with Crippen molar-refractivity contribution in [2.24, 2.45) is 4.99 Å². The van der Waals surface area contributed by atoms with Gasteiger partial charge in [-0.3, -0.25) is 14.1 Å². The van der Waals surface area contributed by atoms with Gasteiger partial charge in [0.05, 0.1) is 23.1 Å². The third-order valence-electron chi connectivity index (χ3n) is 5.06. The summed E-state index contributed by atoms with van der Waals surface area (Å²) in [6.07, 6.45) is 1.17. The van der Waals surface area contributed by atoms with Crippen molar-refractivity contribution < 1.29 is 17.6 Å². The maximum absolute atomic E-state index is 14.6. The van der Waals surface area contributed by atoms with Gasteiger partial charge in [-0.2, -0.15) is 0 Å². The Bertz CT molecular complexity index is 1300. The van der Waals surface area contributed by atoms with Crippen molar-refractivity contribution in [3.05, 3.63) is 59.2 Å². The molecule has 1 aliphatic heterocycles. The van der Waals surface area contributed by atoms with Gasteiger partial charge in [-0.25, -0.2) is 17.8 Å². The lowest BCUT2D eigenvalue weighted by molar-refractivity contribution is 0.101. The van der Waals surface area contributed by atoms with E-state index in [1.807, 2.05) is 25.1 Å². The summed E-state index contributed by atoms with van der Waals surface area (Å²) in [6.45, 7) is 3.48. The monoisotopic (exact) mass is 429 g/mol. The molecular weight excluding hydrogens is 409 g/mol. The number of nitrogens with one attached hydrogen (secondary N) is 2. The van der Waals surface area contributed by atoms with Crippen LogP contribution >= 0.6 is 0 Å². The fourth-order valence-corrected chi connectivity index (χ4v) is 4.69. The lowest BCUT2D eigenvalue weighted by atomic mass is 9.93. The second-order valence-corrected chi connectivity index (χ2v) is 9.57. The van der Waals surface area contributed by atoms with Crippen molar-refractivity contribution in [1.29, 1.82) is 0 Å². The second-order valence-electron chi connectivity index (χ2n) is 7.55. The minimum Gasteiger partial charge on any atom is -0.334 e. The van der Waals surface area contributed by atoms with Gasteiger partial charge in [0.2, 0.25) is 10.0 Å². The zero-order chi connectivity index (χ0) is 21.7. The molecule has 0 aliphatic carbocycles. The number of halogens is 1. The number of aromatic nitrogens is 2. The highest BCUT2D eigenvalue weighted by atomic mass is 32.2. The van der Waals surface area contributed by atoms with E-state index in [0.29, 0.717) is 11.2 Å². The van der Waals surface area contributed by atoms with E-state index in [2.05, 4.69) is 20.3 Å². The number of aromatic amines is 1. The van der Waals surface area contributed by atoms with Crippen LogP contribution in [0, 0.1) is 12.7 Å². The van der Waals surface area contributed by atoms with Crippen LogP contribution in [0.2, 0.25) is 0 Å². The molecule has 2 heterocycles. The fourth-order valence-electron chi connectivity index (χ4n) is 3.36. The van der Waals surface area contributed by atoms with Crippen LogP contribution in [-0.2, 0) is 15.6 Å². The van der Waals surface area contributed by atoms with Gasteiger partial charge in [0.25, 0.3) is 5.91 Å². The van der Waals surface area contributed by atoms with Crippen molar-refractivity contribution in [3.8, 4) is 0 Å². The SMILES string of the molecule is Cc1ccc2nc(C(=O)Nc3ccc(F)c(C4(C)CS(=O)(=O)N(C)C=N4)c3)[nH]c2c1. The van der Waals surface area contributed by atoms with Crippen molar-refractivity contribution in [1.82, 2.24) is 14.3 Å². The minimum atomic E-state index is -3.62. The largest absolute Gasteiger partial charge is 0.334 e. The Kier molecular flexibility index (Phi) is 4.61. The Labute approximate surface area is 172 Å². The van der Waals surface area contributed by atoms with Gasteiger partial charge in [-0.1, -0.05) is 6.07 Å². The van der Waals surface area contributed by atoms with Gasteiger partial charge in [-0.15, -0.1) is 0 Å². The van der Waals surface area contributed by atoms with Gasteiger partial charge < -0.3 is 10.3 Å². The second kappa shape index (κ2) is 6.91. The Morgan fingerprint density at radius 2 is 2.03 bits per heavy atom. The van der Waals surface area contributed by atoms with Gasteiger partial charge in [0.15, 0.2) is 5.82 Å². The number of aryl methyl sites for hydroxylation is 1. The van der Waals surface area contributed by atoms with Crippen molar-refractivity contribution in [2.45, 2.75) is 19.4 Å². The molecule has 2 N–H and O–H groups in total. The summed E-state index contributed by atoms with van der Waals surface area (Å²) in [5.74, 6) is -1.37. The summed E-state index contributed by atoms with van der Waals surface area (Å²) >= 11 is 0. The Morgan fingerprint density at radius 3 is 2.77 bits per heavy atom. The van der Waals surface area contributed by atoms with Gasteiger partial charge in [0, 0.05) is 18.3 Å². The lowest BCUT2D eigenvalue weighted by Gasteiger charge is -2.32. The fraction of sp³-hybridized carbons (Fsp3) is 0.250. The molecular formula is C20H20FN5O3S. The molecule has 0 radical (unpaired) electrons. The highest BCUT2D eigenvalue weighted by molar-refractivity contribution is 7.89. The summed E-state index contributed by atoms with van der Waals surface area (Å²) < 4.78 is 40.1. The van der Waals surface area contributed by atoms with Crippen molar-refractivity contribution in [2.75, 3.05) is 18.1 Å². The van der Waals surface area contributed by atoms with Crippen LogP contribution in [0.25, 0.3) is 11.0 Å². The first kappa shape index (κ1) is 20.0. The number of H-pyrrole nitrogens is 1. The molecule has 4 rings (SSSR count). The molecule has 1 aliphatic rings. The van der Waals surface area contributed by atoms with E-state index in [4.69, 9.17) is 0 Å². The van der Waals surface area contributed by atoms with E-state index in [-0.39, 0.29) is 17.1 Å². The lowest BCUT2D eigenvalue weighted by Crippen LogP contribution is -2.43.